The van der Waals surface area contributed by atoms with E-state index < -0.39 is 19.0 Å². The Morgan fingerprint density at radius 2 is 2.21 bits per heavy atom. The van der Waals surface area contributed by atoms with Gasteiger partial charge < -0.3 is 11.1 Å². The molecule has 1 heterocycles. The summed E-state index contributed by atoms with van der Waals surface area (Å²) in [5.41, 5.74) is 4.88. The molecular formula is C8H11ClF2N2S. The first-order valence-electron chi connectivity index (χ1n) is 4.06. The summed E-state index contributed by atoms with van der Waals surface area (Å²) in [5.74, 6) is -2.83. The van der Waals surface area contributed by atoms with Crippen LogP contribution in [0.25, 0.3) is 0 Å². The van der Waals surface area contributed by atoms with Crippen LogP contribution in [-0.2, 0) is 6.54 Å². The van der Waals surface area contributed by atoms with Crippen LogP contribution in [0, 0.1) is 0 Å². The second-order valence-electron chi connectivity index (χ2n) is 2.87. The topological polar surface area (TPSA) is 38.0 Å². The van der Waals surface area contributed by atoms with Gasteiger partial charge in [-0.15, -0.1) is 11.3 Å². The van der Waals surface area contributed by atoms with Crippen molar-refractivity contribution in [1.29, 1.82) is 0 Å². The van der Waals surface area contributed by atoms with Gasteiger partial charge in [0.05, 0.1) is 17.4 Å². The molecule has 0 amide bonds. The fourth-order valence-corrected chi connectivity index (χ4v) is 1.94. The molecule has 0 saturated heterocycles. The van der Waals surface area contributed by atoms with Gasteiger partial charge in [0.1, 0.15) is 0 Å². The van der Waals surface area contributed by atoms with Crippen LogP contribution in [0.3, 0.4) is 0 Å². The third-order valence-corrected chi connectivity index (χ3v) is 2.84. The fraction of sp³-hybridized carbons (Fsp3) is 0.500. The van der Waals surface area contributed by atoms with Crippen molar-refractivity contribution in [2.45, 2.75) is 12.5 Å². The summed E-state index contributed by atoms with van der Waals surface area (Å²) in [5, 5.41) is 2.63. The van der Waals surface area contributed by atoms with Gasteiger partial charge in [0, 0.05) is 11.4 Å². The molecule has 1 aromatic heterocycles. The Balaban J connectivity index is 2.28. The summed E-state index contributed by atoms with van der Waals surface area (Å²) < 4.78 is 26.0. The second-order valence-corrected chi connectivity index (χ2v) is 4.67. The molecule has 0 aliphatic carbocycles. The van der Waals surface area contributed by atoms with Crippen molar-refractivity contribution in [1.82, 2.24) is 5.32 Å². The van der Waals surface area contributed by atoms with Crippen LogP contribution in [0.1, 0.15) is 4.88 Å². The van der Waals surface area contributed by atoms with Crippen molar-refractivity contribution in [3.63, 3.8) is 0 Å². The highest BCUT2D eigenvalue weighted by Gasteiger charge is 2.25. The first-order valence-corrected chi connectivity index (χ1v) is 5.26. The molecule has 1 rings (SSSR count). The Labute approximate surface area is 90.1 Å². The molecule has 0 atom stereocenters. The van der Waals surface area contributed by atoms with Crippen molar-refractivity contribution in [3.8, 4) is 0 Å². The summed E-state index contributed by atoms with van der Waals surface area (Å²) in [6.07, 6.45) is 0. The molecule has 0 aliphatic rings. The molecule has 0 radical (unpaired) electrons. The number of nitrogens with two attached hydrogens (primary N) is 1. The number of nitrogens with one attached hydrogen (secondary N) is 1. The molecular weight excluding hydrogens is 230 g/mol. The molecule has 6 heteroatoms. The Morgan fingerprint density at radius 3 is 2.71 bits per heavy atom. The molecule has 0 unspecified atom stereocenters. The van der Waals surface area contributed by atoms with Gasteiger partial charge in [0.2, 0.25) is 0 Å². The van der Waals surface area contributed by atoms with Crippen LogP contribution < -0.4 is 11.1 Å². The summed E-state index contributed by atoms with van der Waals surface area (Å²) in [4.78, 5) is 0.933. The predicted molar refractivity (Wildman–Crippen MR) is 55.0 cm³/mol. The minimum Gasteiger partial charge on any atom is -0.325 e. The van der Waals surface area contributed by atoms with Crippen molar-refractivity contribution in [2.24, 2.45) is 5.73 Å². The zero-order valence-corrected chi connectivity index (χ0v) is 8.97. The molecule has 0 bridgehead atoms. The number of rotatable bonds is 5. The summed E-state index contributed by atoms with van der Waals surface area (Å²) in [6, 6.07) is 3.55. The Kier molecular flexibility index (Phi) is 4.25. The Morgan fingerprint density at radius 1 is 1.50 bits per heavy atom. The largest absolute Gasteiger partial charge is 0.325 e. The molecule has 1 aromatic rings. The maximum atomic E-state index is 12.7. The van der Waals surface area contributed by atoms with Crippen molar-refractivity contribution < 1.29 is 8.78 Å². The van der Waals surface area contributed by atoms with E-state index in [1.165, 1.54) is 11.3 Å². The molecule has 0 aromatic carbocycles. The Bertz CT molecular complexity index is 291. The molecule has 14 heavy (non-hydrogen) atoms. The zero-order valence-electron chi connectivity index (χ0n) is 7.40. The number of hydrogen-bond donors (Lipinski definition) is 2. The third kappa shape index (κ3) is 3.88. The molecule has 0 fully saturated rings. The first-order chi connectivity index (χ1) is 6.53. The maximum Gasteiger partial charge on any atom is 0.272 e. The monoisotopic (exact) mass is 240 g/mol. The smallest absolute Gasteiger partial charge is 0.272 e. The minimum absolute atomic E-state index is 0.396. The van der Waals surface area contributed by atoms with Gasteiger partial charge in [-0.25, -0.2) is 8.78 Å². The third-order valence-electron chi connectivity index (χ3n) is 1.61. The van der Waals surface area contributed by atoms with Crippen molar-refractivity contribution >= 4 is 22.9 Å². The number of hydrogen-bond acceptors (Lipinski definition) is 3. The maximum absolute atomic E-state index is 12.7. The van der Waals surface area contributed by atoms with Gasteiger partial charge in [-0.2, -0.15) is 0 Å². The van der Waals surface area contributed by atoms with Crippen molar-refractivity contribution in [2.75, 3.05) is 13.1 Å². The van der Waals surface area contributed by atoms with Crippen LogP contribution in [-0.4, -0.2) is 19.0 Å². The van der Waals surface area contributed by atoms with Gasteiger partial charge >= 0.3 is 0 Å². The van der Waals surface area contributed by atoms with Crippen LogP contribution in [0.2, 0.25) is 4.34 Å². The molecule has 0 aliphatic heterocycles. The lowest BCUT2D eigenvalue weighted by Gasteiger charge is -2.13. The van der Waals surface area contributed by atoms with E-state index in [1.807, 2.05) is 0 Å². The van der Waals surface area contributed by atoms with E-state index in [2.05, 4.69) is 5.32 Å². The van der Waals surface area contributed by atoms with E-state index in [-0.39, 0.29) is 0 Å². The lowest BCUT2D eigenvalue weighted by Crippen LogP contribution is -2.38. The molecule has 0 saturated carbocycles. The van der Waals surface area contributed by atoms with Crippen LogP contribution >= 0.6 is 22.9 Å². The van der Waals surface area contributed by atoms with Gasteiger partial charge in [0.15, 0.2) is 0 Å². The number of thiophene rings is 1. The molecule has 80 valence electrons. The van der Waals surface area contributed by atoms with Gasteiger partial charge in [-0.3, -0.25) is 0 Å². The molecule has 0 spiro atoms. The van der Waals surface area contributed by atoms with Crippen LogP contribution in [0.15, 0.2) is 12.1 Å². The van der Waals surface area contributed by atoms with Gasteiger partial charge in [-0.1, -0.05) is 11.6 Å². The first kappa shape index (κ1) is 11.8. The lowest BCUT2D eigenvalue weighted by atomic mass is 10.3. The fourth-order valence-electron chi connectivity index (χ4n) is 0.887. The number of alkyl halides is 2. The standard InChI is InChI=1S/C8H11ClF2N2S/c9-7-2-1-6(14-7)3-13-5-8(10,11)4-12/h1-2,13H,3-5,12H2. The normalized spacial score (nSPS) is 12.0. The van der Waals surface area contributed by atoms with Crippen LogP contribution in [0.4, 0.5) is 8.78 Å². The highest BCUT2D eigenvalue weighted by atomic mass is 35.5. The number of halogens is 3. The Hall–Kier alpha value is -0.230. The average Bonchev–Trinajstić information content (AvgIpc) is 2.51. The molecule has 2 nitrogen and oxygen atoms in total. The van der Waals surface area contributed by atoms with E-state index in [0.717, 1.165) is 4.88 Å². The summed E-state index contributed by atoms with van der Waals surface area (Å²) in [6.45, 7) is -0.642. The van der Waals surface area contributed by atoms with Gasteiger partial charge in [-0.05, 0) is 12.1 Å². The van der Waals surface area contributed by atoms with Crippen molar-refractivity contribution in [3.05, 3.63) is 21.3 Å². The average molecular weight is 241 g/mol. The lowest BCUT2D eigenvalue weighted by molar-refractivity contribution is 0.0116. The van der Waals surface area contributed by atoms with E-state index in [1.54, 1.807) is 12.1 Å². The van der Waals surface area contributed by atoms with Crippen LogP contribution in [0.5, 0.6) is 0 Å². The van der Waals surface area contributed by atoms with E-state index in [4.69, 9.17) is 17.3 Å². The zero-order chi connectivity index (χ0) is 10.6. The van der Waals surface area contributed by atoms with E-state index >= 15 is 0 Å². The highest BCUT2D eigenvalue weighted by molar-refractivity contribution is 7.16. The SMILES string of the molecule is NCC(F)(F)CNCc1ccc(Cl)s1. The second kappa shape index (κ2) is 5.02. The quantitative estimate of drug-likeness (QED) is 0.827. The predicted octanol–water partition coefficient (Wildman–Crippen LogP) is 2.09. The molecule has 3 N–H and O–H groups in total. The van der Waals surface area contributed by atoms with E-state index in [9.17, 15) is 8.78 Å². The van der Waals surface area contributed by atoms with Gasteiger partial charge in [0.25, 0.3) is 5.92 Å². The summed E-state index contributed by atoms with van der Waals surface area (Å²) in [7, 11) is 0. The highest BCUT2D eigenvalue weighted by Crippen LogP contribution is 2.21. The van der Waals surface area contributed by atoms with E-state index in [0.29, 0.717) is 10.9 Å². The summed E-state index contributed by atoms with van der Waals surface area (Å²) >= 11 is 7.05. The minimum atomic E-state index is -2.83.